The van der Waals surface area contributed by atoms with Gasteiger partial charge in [0.15, 0.2) is 0 Å². The molecule has 0 saturated carbocycles. The van der Waals surface area contributed by atoms with Crippen LogP contribution in [0.1, 0.15) is 0 Å². The van der Waals surface area contributed by atoms with Crippen molar-refractivity contribution in [1.82, 2.24) is 19.5 Å². The average molecular weight is 430 g/mol. The SMILES string of the molecule is O=c1[nH]c2ccccc2n1-c1cccc(Oc2cccc(-c3cc4ccccc4cn3)c2)n1. The number of nitrogens with zero attached hydrogens (tertiary/aromatic N) is 3. The zero-order chi connectivity index (χ0) is 22.2. The molecule has 1 N–H and O–H groups in total. The lowest BCUT2D eigenvalue weighted by Gasteiger charge is -2.09. The second-order valence-corrected chi connectivity index (χ2v) is 7.66. The maximum Gasteiger partial charge on any atom is 0.332 e. The fourth-order valence-electron chi connectivity index (χ4n) is 3.95. The molecule has 3 aromatic heterocycles. The predicted molar refractivity (Wildman–Crippen MR) is 129 cm³/mol. The normalized spacial score (nSPS) is 11.2. The first-order valence-corrected chi connectivity index (χ1v) is 10.5. The van der Waals surface area contributed by atoms with Crippen molar-refractivity contribution < 1.29 is 4.74 Å². The maximum atomic E-state index is 12.5. The van der Waals surface area contributed by atoms with E-state index in [2.05, 4.69) is 27.1 Å². The van der Waals surface area contributed by atoms with E-state index in [1.165, 1.54) is 4.57 Å². The molecule has 0 bridgehead atoms. The minimum Gasteiger partial charge on any atom is -0.439 e. The molecule has 33 heavy (non-hydrogen) atoms. The van der Waals surface area contributed by atoms with E-state index in [1.807, 2.05) is 79.0 Å². The highest BCUT2D eigenvalue weighted by Gasteiger charge is 2.11. The summed E-state index contributed by atoms with van der Waals surface area (Å²) < 4.78 is 7.59. The van der Waals surface area contributed by atoms with Gasteiger partial charge in [0.1, 0.15) is 11.6 Å². The Labute approximate surface area is 188 Å². The van der Waals surface area contributed by atoms with E-state index in [4.69, 9.17) is 4.74 Å². The standard InChI is InChI=1S/C27H18N4O2/c32-27-29-22-11-3-4-12-24(22)31(27)25-13-6-14-26(30-25)33-21-10-5-9-19(15-21)23-16-18-7-1-2-8-20(18)17-28-23/h1-17H,(H,29,32). The van der Waals surface area contributed by atoms with E-state index in [-0.39, 0.29) is 5.69 Å². The van der Waals surface area contributed by atoms with Crippen LogP contribution in [-0.2, 0) is 0 Å². The predicted octanol–water partition coefficient (Wildman–Crippen LogP) is 5.72. The molecule has 0 aliphatic rings. The van der Waals surface area contributed by atoms with Crippen LogP contribution >= 0.6 is 0 Å². The summed E-state index contributed by atoms with van der Waals surface area (Å²) in [6.45, 7) is 0. The highest BCUT2D eigenvalue weighted by molar-refractivity contribution is 5.85. The summed E-state index contributed by atoms with van der Waals surface area (Å²) in [6.07, 6.45) is 1.88. The maximum absolute atomic E-state index is 12.5. The van der Waals surface area contributed by atoms with Crippen molar-refractivity contribution in [2.75, 3.05) is 0 Å². The highest BCUT2D eigenvalue weighted by Crippen LogP contribution is 2.28. The summed E-state index contributed by atoms with van der Waals surface area (Å²) in [6, 6.07) is 30.8. The van der Waals surface area contributed by atoms with Gasteiger partial charge in [-0.15, -0.1) is 0 Å². The lowest BCUT2D eigenvalue weighted by molar-refractivity contribution is 0.462. The second-order valence-electron chi connectivity index (χ2n) is 7.66. The number of ether oxygens (including phenoxy) is 1. The first-order valence-electron chi connectivity index (χ1n) is 10.5. The number of imidazole rings is 1. The largest absolute Gasteiger partial charge is 0.439 e. The quantitative estimate of drug-likeness (QED) is 0.388. The molecule has 0 atom stereocenters. The molecule has 0 aliphatic heterocycles. The molecule has 0 unspecified atom stereocenters. The molecule has 6 nitrogen and oxygen atoms in total. The third-order valence-corrected chi connectivity index (χ3v) is 5.51. The molecule has 158 valence electrons. The van der Waals surface area contributed by atoms with Gasteiger partial charge in [-0.3, -0.25) is 4.98 Å². The Kier molecular flexibility index (Phi) is 4.47. The second kappa shape index (κ2) is 7.76. The van der Waals surface area contributed by atoms with E-state index in [0.29, 0.717) is 17.4 Å². The van der Waals surface area contributed by atoms with Crippen LogP contribution in [0.15, 0.2) is 108 Å². The van der Waals surface area contributed by atoms with Crippen LogP contribution < -0.4 is 10.4 Å². The Morgan fingerprint density at radius 1 is 0.788 bits per heavy atom. The number of H-pyrrole nitrogens is 1. The smallest absolute Gasteiger partial charge is 0.332 e. The minimum atomic E-state index is -0.245. The van der Waals surface area contributed by atoms with Crippen molar-refractivity contribution >= 4 is 21.8 Å². The molecule has 6 rings (SSSR count). The number of para-hydroxylation sites is 2. The van der Waals surface area contributed by atoms with Crippen LogP contribution in [0.3, 0.4) is 0 Å². The molecule has 6 heteroatoms. The zero-order valence-corrected chi connectivity index (χ0v) is 17.5. The van der Waals surface area contributed by atoms with E-state index in [9.17, 15) is 4.79 Å². The Bertz CT molecular complexity index is 1680. The van der Waals surface area contributed by atoms with Gasteiger partial charge in [-0.2, -0.15) is 4.98 Å². The Balaban J connectivity index is 1.34. The van der Waals surface area contributed by atoms with Crippen molar-refractivity contribution in [3.63, 3.8) is 0 Å². The summed E-state index contributed by atoms with van der Waals surface area (Å²) in [5.41, 5.74) is 3.08. The molecule has 6 aromatic rings. The van der Waals surface area contributed by atoms with Crippen LogP contribution in [0.5, 0.6) is 11.6 Å². The molecule has 3 aromatic carbocycles. The molecular weight excluding hydrogens is 412 g/mol. The van der Waals surface area contributed by atoms with Gasteiger partial charge in [0.2, 0.25) is 5.88 Å². The lowest BCUT2D eigenvalue weighted by atomic mass is 10.1. The number of aromatic amines is 1. The Hall–Kier alpha value is -4.71. The summed E-state index contributed by atoms with van der Waals surface area (Å²) in [4.78, 5) is 24.5. The van der Waals surface area contributed by atoms with Gasteiger partial charge in [-0.05, 0) is 41.8 Å². The molecule has 0 amide bonds. The molecule has 0 aliphatic carbocycles. The summed E-state index contributed by atoms with van der Waals surface area (Å²) in [5, 5.41) is 2.23. The molecule has 0 radical (unpaired) electrons. The summed E-state index contributed by atoms with van der Waals surface area (Å²) in [7, 11) is 0. The average Bonchev–Trinajstić information content (AvgIpc) is 3.20. The van der Waals surface area contributed by atoms with Crippen LogP contribution in [0.25, 0.3) is 38.9 Å². The summed E-state index contributed by atoms with van der Waals surface area (Å²) >= 11 is 0. The van der Waals surface area contributed by atoms with Crippen molar-refractivity contribution in [2.24, 2.45) is 0 Å². The molecule has 0 fully saturated rings. The number of hydrogen-bond acceptors (Lipinski definition) is 4. The van der Waals surface area contributed by atoms with E-state index >= 15 is 0 Å². The Morgan fingerprint density at radius 2 is 1.61 bits per heavy atom. The number of nitrogens with one attached hydrogen (secondary N) is 1. The van der Waals surface area contributed by atoms with Gasteiger partial charge in [0.05, 0.1) is 16.7 Å². The van der Waals surface area contributed by atoms with E-state index < -0.39 is 0 Å². The minimum absolute atomic E-state index is 0.245. The van der Waals surface area contributed by atoms with Crippen molar-refractivity contribution in [1.29, 1.82) is 0 Å². The van der Waals surface area contributed by atoms with Gasteiger partial charge in [-0.1, -0.05) is 54.6 Å². The number of pyridine rings is 2. The fourth-order valence-corrected chi connectivity index (χ4v) is 3.95. The lowest BCUT2D eigenvalue weighted by Crippen LogP contribution is -2.15. The number of benzene rings is 3. The number of rotatable bonds is 4. The fraction of sp³-hybridized carbons (Fsp3) is 0. The first kappa shape index (κ1) is 19.0. The van der Waals surface area contributed by atoms with E-state index in [0.717, 1.165) is 33.1 Å². The van der Waals surface area contributed by atoms with Crippen molar-refractivity contribution in [3.05, 3.63) is 114 Å². The van der Waals surface area contributed by atoms with Crippen LogP contribution in [0.4, 0.5) is 0 Å². The number of hydrogen-bond donors (Lipinski definition) is 1. The van der Waals surface area contributed by atoms with Crippen molar-refractivity contribution in [3.8, 4) is 28.7 Å². The summed E-state index contributed by atoms with van der Waals surface area (Å²) in [5.74, 6) is 1.52. The third-order valence-electron chi connectivity index (χ3n) is 5.51. The van der Waals surface area contributed by atoms with Gasteiger partial charge in [0, 0.05) is 23.2 Å². The number of fused-ring (bicyclic) bond motifs is 2. The molecule has 3 heterocycles. The molecule has 0 spiro atoms. The van der Waals surface area contributed by atoms with Crippen LogP contribution in [-0.4, -0.2) is 19.5 Å². The van der Waals surface area contributed by atoms with Crippen molar-refractivity contribution in [2.45, 2.75) is 0 Å². The van der Waals surface area contributed by atoms with Gasteiger partial charge in [0.25, 0.3) is 0 Å². The number of aromatic nitrogens is 4. The van der Waals surface area contributed by atoms with Crippen LogP contribution in [0, 0.1) is 0 Å². The Morgan fingerprint density at radius 3 is 2.55 bits per heavy atom. The van der Waals surface area contributed by atoms with Gasteiger partial charge >= 0.3 is 5.69 Å². The molecule has 0 saturated heterocycles. The monoisotopic (exact) mass is 430 g/mol. The molecular formula is C27H18N4O2. The first-order chi connectivity index (χ1) is 16.2. The topological polar surface area (TPSA) is 72.8 Å². The van der Waals surface area contributed by atoms with Crippen LogP contribution in [0.2, 0.25) is 0 Å². The van der Waals surface area contributed by atoms with Gasteiger partial charge in [-0.25, -0.2) is 9.36 Å². The highest BCUT2D eigenvalue weighted by atomic mass is 16.5. The third kappa shape index (κ3) is 3.53. The zero-order valence-electron chi connectivity index (χ0n) is 17.5. The van der Waals surface area contributed by atoms with E-state index in [1.54, 1.807) is 12.1 Å². The van der Waals surface area contributed by atoms with Gasteiger partial charge < -0.3 is 9.72 Å².